The van der Waals surface area contributed by atoms with Gasteiger partial charge in [0.25, 0.3) is 0 Å². The number of hydrogen-bond acceptors (Lipinski definition) is 4. The highest BCUT2D eigenvalue weighted by Crippen LogP contribution is 2.32. The van der Waals surface area contributed by atoms with Gasteiger partial charge in [-0.2, -0.15) is 0 Å². The lowest BCUT2D eigenvalue weighted by atomic mass is 9.94. The summed E-state index contributed by atoms with van der Waals surface area (Å²) in [6, 6.07) is -0.00405. The summed E-state index contributed by atoms with van der Waals surface area (Å²) in [7, 11) is 1.34. The van der Waals surface area contributed by atoms with Crippen molar-refractivity contribution in [3.8, 4) is 0 Å². The van der Waals surface area contributed by atoms with Crippen molar-refractivity contribution in [1.29, 1.82) is 0 Å². The van der Waals surface area contributed by atoms with Crippen molar-refractivity contribution in [2.75, 3.05) is 20.2 Å². The fraction of sp³-hybridized carbons (Fsp3) is 0.846. The first-order valence-electron chi connectivity index (χ1n) is 6.58. The Kier molecular flexibility index (Phi) is 5.59. The monoisotopic (exact) mass is 256 g/mol. The van der Waals surface area contributed by atoms with Crippen molar-refractivity contribution in [2.24, 2.45) is 17.6 Å². The van der Waals surface area contributed by atoms with E-state index in [1.807, 2.05) is 13.8 Å². The molecule has 1 saturated carbocycles. The van der Waals surface area contributed by atoms with E-state index in [1.165, 1.54) is 7.11 Å². The maximum atomic E-state index is 12.5. The van der Waals surface area contributed by atoms with Gasteiger partial charge in [0.05, 0.1) is 7.11 Å². The molecule has 0 heterocycles. The van der Waals surface area contributed by atoms with Gasteiger partial charge in [-0.15, -0.1) is 0 Å². The van der Waals surface area contributed by atoms with E-state index in [0.29, 0.717) is 6.54 Å². The Bertz CT molecular complexity index is 305. The van der Waals surface area contributed by atoms with Gasteiger partial charge in [-0.05, 0) is 39.2 Å². The first-order valence-corrected chi connectivity index (χ1v) is 6.58. The number of nitrogens with zero attached hydrogens (tertiary/aromatic N) is 1. The second kappa shape index (κ2) is 6.73. The van der Waals surface area contributed by atoms with Crippen LogP contribution in [0.4, 0.5) is 0 Å². The highest BCUT2D eigenvalue weighted by Gasteiger charge is 2.36. The Labute approximate surface area is 109 Å². The summed E-state index contributed by atoms with van der Waals surface area (Å²) in [6.45, 7) is 4.39. The van der Waals surface area contributed by atoms with Crippen LogP contribution in [0.1, 0.15) is 33.1 Å². The number of methoxy groups -OCH3 is 1. The number of rotatable bonds is 5. The zero-order valence-electron chi connectivity index (χ0n) is 11.5. The first kappa shape index (κ1) is 15.0. The Morgan fingerprint density at radius 2 is 2.06 bits per heavy atom. The second-order valence-electron chi connectivity index (χ2n) is 5.17. The minimum Gasteiger partial charge on any atom is -0.468 e. The lowest BCUT2D eigenvalue weighted by molar-refractivity contribution is -0.150. The van der Waals surface area contributed by atoms with Gasteiger partial charge >= 0.3 is 5.97 Å². The summed E-state index contributed by atoms with van der Waals surface area (Å²) in [5.41, 5.74) is 5.70. The lowest BCUT2D eigenvalue weighted by Gasteiger charge is -2.30. The van der Waals surface area contributed by atoms with Crippen LogP contribution in [0.5, 0.6) is 0 Å². The summed E-state index contributed by atoms with van der Waals surface area (Å²) >= 11 is 0. The van der Waals surface area contributed by atoms with Crippen LogP contribution in [-0.4, -0.2) is 43.0 Å². The quantitative estimate of drug-likeness (QED) is 0.737. The van der Waals surface area contributed by atoms with E-state index < -0.39 is 0 Å². The zero-order valence-corrected chi connectivity index (χ0v) is 11.5. The fourth-order valence-corrected chi connectivity index (χ4v) is 2.58. The smallest absolute Gasteiger partial charge is 0.325 e. The van der Waals surface area contributed by atoms with Crippen molar-refractivity contribution in [1.82, 2.24) is 4.90 Å². The normalized spacial score (nSPS) is 23.2. The van der Waals surface area contributed by atoms with Crippen LogP contribution in [0.25, 0.3) is 0 Å². The van der Waals surface area contributed by atoms with Crippen LogP contribution in [0.15, 0.2) is 0 Å². The summed E-state index contributed by atoms with van der Waals surface area (Å²) in [5.74, 6) is -0.0962. The van der Waals surface area contributed by atoms with Crippen molar-refractivity contribution < 1.29 is 14.3 Å². The minimum atomic E-state index is -0.376. The Morgan fingerprint density at radius 1 is 1.39 bits per heavy atom. The van der Waals surface area contributed by atoms with Gasteiger partial charge in [0.1, 0.15) is 6.54 Å². The molecule has 1 amide bonds. The summed E-state index contributed by atoms with van der Waals surface area (Å²) in [4.78, 5) is 25.4. The number of carbonyl (C=O) groups excluding carboxylic acids is 2. The fourth-order valence-electron chi connectivity index (χ4n) is 2.58. The molecule has 0 aromatic carbocycles. The molecule has 1 aliphatic rings. The molecule has 0 bridgehead atoms. The summed E-state index contributed by atoms with van der Waals surface area (Å²) in [6.07, 6.45) is 2.94. The molecule has 0 radical (unpaired) electrons. The van der Waals surface area contributed by atoms with E-state index in [2.05, 4.69) is 4.74 Å². The molecule has 0 saturated heterocycles. The third-order valence-electron chi connectivity index (χ3n) is 3.71. The highest BCUT2D eigenvalue weighted by atomic mass is 16.5. The van der Waals surface area contributed by atoms with Gasteiger partial charge in [0.15, 0.2) is 0 Å². The van der Waals surface area contributed by atoms with E-state index >= 15 is 0 Å². The van der Waals surface area contributed by atoms with Gasteiger partial charge in [0, 0.05) is 12.0 Å². The second-order valence-corrected chi connectivity index (χ2v) is 5.17. The maximum absolute atomic E-state index is 12.5. The van der Waals surface area contributed by atoms with Crippen LogP contribution >= 0.6 is 0 Å². The molecule has 1 aliphatic carbocycles. The molecule has 1 rings (SSSR count). The molecule has 2 unspecified atom stereocenters. The molecule has 5 nitrogen and oxygen atoms in total. The molecular formula is C13H24N2O3. The van der Waals surface area contributed by atoms with Crippen LogP contribution < -0.4 is 5.73 Å². The molecule has 1 fully saturated rings. The topological polar surface area (TPSA) is 72.6 Å². The van der Waals surface area contributed by atoms with Gasteiger partial charge in [-0.25, -0.2) is 0 Å². The summed E-state index contributed by atoms with van der Waals surface area (Å²) < 4.78 is 4.64. The Hall–Kier alpha value is -1.10. The molecule has 0 aliphatic heterocycles. The van der Waals surface area contributed by atoms with Gasteiger partial charge in [0.2, 0.25) is 5.91 Å². The molecule has 2 N–H and O–H groups in total. The van der Waals surface area contributed by atoms with E-state index in [0.717, 1.165) is 19.3 Å². The van der Waals surface area contributed by atoms with E-state index in [1.54, 1.807) is 4.90 Å². The van der Waals surface area contributed by atoms with Crippen LogP contribution in [0.3, 0.4) is 0 Å². The van der Waals surface area contributed by atoms with Crippen molar-refractivity contribution >= 4 is 11.9 Å². The SMILES string of the molecule is COC(=O)CN(C(=O)C1CCCC1CN)C(C)C. The van der Waals surface area contributed by atoms with Crippen LogP contribution in [0, 0.1) is 11.8 Å². The van der Waals surface area contributed by atoms with Crippen LogP contribution in [-0.2, 0) is 14.3 Å². The first-order chi connectivity index (χ1) is 8.51. The minimum absolute atomic E-state index is 0.00405. The predicted molar refractivity (Wildman–Crippen MR) is 68.8 cm³/mol. The molecule has 18 heavy (non-hydrogen) atoms. The third kappa shape index (κ3) is 3.45. The highest BCUT2D eigenvalue weighted by molar-refractivity contribution is 5.84. The molecule has 0 aromatic rings. The third-order valence-corrected chi connectivity index (χ3v) is 3.71. The molecule has 5 heteroatoms. The number of nitrogens with two attached hydrogens (primary N) is 1. The molecule has 104 valence electrons. The average Bonchev–Trinajstić information content (AvgIpc) is 2.82. The standard InChI is InChI=1S/C13H24N2O3/c1-9(2)15(8-12(16)18-3)13(17)11-6-4-5-10(11)7-14/h9-11H,4-8,14H2,1-3H3. The maximum Gasteiger partial charge on any atom is 0.325 e. The Balaban J connectivity index is 2.73. The number of amides is 1. The van der Waals surface area contributed by atoms with E-state index in [4.69, 9.17) is 5.73 Å². The van der Waals surface area contributed by atoms with Crippen molar-refractivity contribution in [3.05, 3.63) is 0 Å². The molecule has 2 atom stereocenters. The average molecular weight is 256 g/mol. The van der Waals surface area contributed by atoms with Crippen LogP contribution in [0.2, 0.25) is 0 Å². The van der Waals surface area contributed by atoms with Crippen molar-refractivity contribution in [3.63, 3.8) is 0 Å². The predicted octanol–water partition coefficient (Wildman–Crippen LogP) is 0.771. The largest absolute Gasteiger partial charge is 0.468 e. The van der Waals surface area contributed by atoms with Gasteiger partial charge in [-0.3, -0.25) is 9.59 Å². The van der Waals surface area contributed by atoms with Gasteiger partial charge < -0.3 is 15.4 Å². The molecule has 0 spiro atoms. The summed E-state index contributed by atoms with van der Waals surface area (Å²) in [5, 5.41) is 0. The number of carbonyl (C=O) groups is 2. The Morgan fingerprint density at radius 3 is 2.56 bits per heavy atom. The van der Waals surface area contributed by atoms with Crippen molar-refractivity contribution in [2.45, 2.75) is 39.2 Å². The molecule has 0 aromatic heterocycles. The van der Waals surface area contributed by atoms with Gasteiger partial charge in [-0.1, -0.05) is 6.42 Å². The zero-order chi connectivity index (χ0) is 13.7. The molecular weight excluding hydrogens is 232 g/mol. The lowest BCUT2D eigenvalue weighted by Crippen LogP contribution is -2.45. The van der Waals surface area contributed by atoms with E-state index in [9.17, 15) is 9.59 Å². The van der Waals surface area contributed by atoms with E-state index in [-0.39, 0.29) is 36.3 Å². The number of esters is 1. The number of hydrogen-bond donors (Lipinski definition) is 1. The number of ether oxygens (including phenoxy) is 1.